The van der Waals surface area contributed by atoms with Gasteiger partial charge in [0.1, 0.15) is 0 Å². The molecule has 0 spiro atoms. The molecule has 0 aliphatic carbocycles. The second kappa shape index (κ2) is 6.27. The fourth-order valence-corrected chi connectivity index (χ4v) is 2.89. The number of nitrogens with zero attached hydrogens (tertiary/aromatic N) is 1. The van der Waals surface area contributed by atoms with E-state index in [9.17, 15) is 0 Å². The lowest BCUT2D eigenvalue weighted by Gasteiger charge is -2.31. The lowest BCUT2D eigenvalue weighted by Crippen LogP contribution is -2.35. The number of benzene rings is 1. The molecule has 0 bridgehead atoms. The molecule has 0 aromatic heterocycles. The standard InChI is InChI=1S/C15H21Cl2N/c1-11-5-7-18(8-6-11)10-15(17)13-3-4-14(16)12(2)9-13/h3-4,9,11,15H,5-8,10H2,1-2H3. The molecule has 0 radical (unpaired) electrons. The molecule has 1 aromatic rings. The number of halogens is 2. The molecule has 0 N–H and O–H groups in total. The topological polar surface area (TPSA) is 3.24 Å². The number of hydrogen-bond donors (Lipinski definition) is 0. The van der Waals surface area contributed by atoms with E-state index in [2.05, 4.69) is 17.9 Å². The number of likely N-dealkylation sites (tertiary alicyclic amines) is 1. The minimum atomic E-state index is 0.0642. The van der Waals surface area contributed by atoms with Crippen LogP contribution in [0.3, 0.4) is 0 Å². The van der Waals surface area contributed by atoms with Gasteiger partial charge in [0, 0.05) is 11.6 Å². The molecule has 1 heterocycles. The molecule has 0 saturated carbocycles. The molecular weight excluding hydrogens is 265 g/mol. The molecular formula is C15H21Cl2N. The van der Waals surface area contributed by atoms with Crippen LogP contribution >= 0.6 is 23.2 Å². The third kappa shape index (κ3) is 3.63. The van der Waals surface area contributed by atoms with Gasteiger partial charge in [0.2, 0.25) is 0 Å². The van der Waals surface area contributed by atoms with Gasteiger partial charge in [-0.15, -0.1) is 11.6 Å². The first-order valence-corrected chi connectivity index (χ1v) is 7.50. The maximum absolute atomic E-state index is 6.52. The van der Waals surface area contributed by atoms with Crippen molar-refractivity contribution in [2.75, 3.05) is 19.6 Å². The molecule has 3 heteroatoms. The van der Waals surface area contributed by atoms with E-state index in [1.807, 2.05) is 19.1 Å². The summed E-state index contributed by atoms with van der Waals surface area (Å²) in [4.78, 5) is 2.47. The Morgan fingerprint density at radius 3 is 2.61 bits per heavy atom. The van der Waals surface area contributed by atoms with Gasteiger partial charge in [-0.1, -0.05) is 30.7 Å². The zero-order chi connectivity index (χ0) is 13.1. The maximum atomic E-state index is 6.52. The zero-order valence-electron chi connectivity index (χ0n) is 11.1. The predicted octanol–water partition coefficient (Wildman–Crippen LogP) is 4.66. The molecule has 1 aliphatic rings. The van der Waals surface area contributed by atoms with Crippen LogP contribution in [-0.2, 0) is 0 Å². The summed E-state index contributed by atoms with van der Waals surface area (Å²) in [5.74, 6) is 0.868. The van der Waals surface area contributed by atoms with Crippen LogP contribution in [0.25, 0.3) is 0 Å². The molecule has 1 atom stereocenters. The van der Waals surface area contributed by atoms with Crippen LogP contribution in [0, 0.1) is 12.8 Å². The summed E-state index contributed by atoms with van der Waals surface area (Å²) in [5.41, 5.74) is 2.28. The summed E-state index contributed by atoms with van der Waals surface area (Å²) < 4.78 is 0. The average molecular weight is 286 g/mol. The quantitative estimate of drug-likeness (QED) is 0.730. The minimum absolute atomic E-state index is 0.0642. The van der Waals surface area contributed by atoms with Gasteiger partial charge >= 0.3 is 0 Å². The van der Waals surface area contributed by atoms with Crippen molar-refractivity contribution in [1.82, 2.24) is 4.90 Å². The first-order chi connectivity index (χ1) is 8.56. The van der Waals surface area contributed by atoms with Crippen molar-refractivity contribution < 1.29 is 0 Å². The molecule has 1 aromatic carbocycles. The fourth-order valence-electron chi connectivity index (χ4n) is 2.44. The largest absolute Gasteiger partial charge is 0.302 e. The SMILES string of the molecule is Cc1cc(C(Cl)CN2CCC(C)CC2)ccc1Cl. The van der Waals surface area contributed by atoms with E-state index in [1.54, 1.807) is 0 Å². The minimum Gasteiger partial charge on any atom is -0.302 e. The van der Waals surface area contributed by atoms with Crippen molar-refractivity contribution in [2.24, 2.45) is 5.92 Å². The van der Waals surface area contributed by atoms with E-state index in [0.29, 0.717) is 0 Å². The molecule has 2 rings (SSSR count). The Hall–Kier alpha value is -0.240. The highest BCUT2D eigenvalue weighted by Gasteiger charge is 2.19. The van der Waals surface area contributed by atoms with Crippen molar-refractivity contribution in [1.29, 1.82) is 0 Å². The molecule has 1 saturated heterocycles. The summed E-state index contributed by atoms with van der Waals surface area (Å²) in [6.07, 6.45) is 2.59. The summed E-state index contributed by atoms with van der Waals surface area (Å²) in [7, 11) is 0. The van der Waals surface area contributed by atoms with Gasteiger partial charge in [0.25, 0.3) is 0 Å². The number of rotatable bonds is 3. The zero-order valence-corrected chi connectivity index (χ0v) is 12.6. The Morgan fingerprint density at radius 2 is 2.00 bits per heavy atom. The summed E-state index contributed by atoms with van der Waals surface area (Å²) in [5, 5.41) is 0.879. The van der Waals surface area contributed by atoms with Crippen molar-refractivity contribution in [2.45, 2.75) is 32.1 Å². The van der Waals surface area contributed by atoms with E-state index in [1.165, 1.54) is 31.5 Å². The van der Waals surface area contributed by atoms with Crippen LogP contribution < -0.4 is 0 Å². The molecule has 1 aliphatic heterocycles. The van der Waals surface area contributed by atoms with Crippen molar-refractivity contribution >= 4 is 23.2 Å². The Kier molecular flexibility index (Phi) is 4.94. The Balaban J connectivity index is 1.94. The molecule has 100 valence electrons. The van der Waals surface area contributed by atoms with E-state index in [-0.39, 0.29) is 5.38 Å². The molecule has 18 heavy (non-hydrogen) atoms. The summed E-state index contributed by atoms with van der Waals surface area (Å²) >= 11 is 12.6. The molecule has 0 amide bonds. The lowest BCUT2D eigenvalue weighted by molar-refractivity contribution is 0.192. The molecule has 1 unspecified atom stereocenters. The van der Waals surface area contributed by atoms with Crippen LogP contribution in [-0.4, -0.2) is 24.5 Å². The number of alkyl halides is 1. The van der Waals surface area contributed by atoms with Gasteiger partial charge in [-0.3, -0.25) is 0 Å². The number of aryl methyl sites for hydroxylation is 1. The average Bonchev–Trinajstić information content (AvgIpc) is 2.35. The summed E-state index contributed by atoms with van der Waals surface area (Å²) in [6, 6.07) is 6.09. The highest BCUT2D eigenvalue weighted by atomic mass is 35.5. The van der Waals surface area contributed by atoms with Crippen molar-refractivity contribution in [3.63, 3.8) is 0 Å². The van der Waals surface area contributed by atoms with Crippen LogP contribution in [0.1, 0.15) is 36.3 Å². The van der Waals surface area contributed by atoms with E-state index in [4.69, 9.17) is 23.2 Å². The molecule has 1 nitrogen and oxygen atoms in total. The van der Waals surface area contributed by atoms with Gasteiger partial charge < -0.3 is 4.90 Å². The van der Waals surface area contributed by atoms with E-state index in [0.717, 1.165) is 23.0 Å². The normalized spacial score (nSPS) is 20.0. The maximum Gasteiger partial charge on any atom is 0.0712 e. The highest BCUT2D eigenvalue weighted by Crippen LogP contribution is 2.27. The third-order valence-electron chi connectivity index (χ3n) is 3.84. The lowest BCUT2D eigenvalue weighted by atomic mass is 9.98. The van der Waals surface area contributed by atoms with Crippen LogP contribution in [0.2, 0.25) is 5.02 Å². The second-order valence-electron chi connectivity index (χ2n) is 5.46. The van der Waals surface area contributed by atoms with Crippen LogP contribution in [0.5, 0.6) is 0 Å². The van der Waals surface area contributed by atoms with Crippen molar-refractivity contribution in [3.05, 3.63) is 34.3 Å². The first kappa shape index (κ1) is 14.2. The third-order valence-corrected chi connectivity index (χ3v) is 4.65. The number of hydrogen-bond acceptors (Lipinski definition) is 1. The smallest absolute Gasteiger partial charge is 0.0712 e. The number of piperidine rings is 1. The fraction of sp³-hybridized carbons (Fsp3) is 0.600. The Bertz CT molecular complexity index is 397. The van der Waals surface area contributed by atoms with E-state index >= 15 is 0 Å². The van der Waals surface area contributed by atoms with Crippen molar-refractivity contribution in [3.8, 4) is 0 Å². The van der Waals surface area contributed by atoms with Gasteiger partial charge in [0.15, 0.2) is 0 Å². The Labute approximate surface area is 120 Å². The van der Waals surface area contributed by atoms with Crippen LogP contribution in [0.15, 0.2) is 18.2 Å². The second-order valence-corrected chi connectivity index (χ2v) is 6.39. The van der Waals surface area contributed by atoms with Gasteiger partial charge in [-0.05, 0) is 56.0 Å². The van der Waals surface area contributed by atoms with Crippen LogP contribution in [0.4, 0.5) is 0 Å². The predicted molar refractivity (Wildman–Crippen MR) is 79.6 cm³/mol. The highest BCUT2D eigenvalue weighted by molar-refractivity contribution is 6.31. The first-order valence-electron chi connectivity index (χ1n) is 6.68. The van der Waals surface area contributed by atoms with E-state index < -0.39 is 0 Å². The Morgan fingerprint density at radius 1 is 1.33 bits per heavy atom. The van der Waals surface area contributed by atoms with Gasteiger partial charge in [0.05, 0.1) is 5.38 Å². The van der Waals surface area contributed by atoms with Gasteiger partial charge in [-0.2, -0.15) is 0 Å². The monoisotopic (exact) mass is 285 g/mol. The van der Waals surface area contributed by atoms with Gasteiger partial charge in [-0.25, -0.2) is 0 Å². The molecule has 1 fully saturated rings. The summed E-state index contributed by atoms with van der Waals surface area (Å²) in [6.45, 7) is 7.65.